The van der Waals surface area contributed by atoms with E-state index in [2.05, 4.69) is 30.2 Å². The Balaban J connectivity index is 1.90. The van der Waals surface area contributed by atoms with Gasteiger partial charge >= 0.3 is 0 Å². The molecule has 0 saturated heterocycles. The lowest BCUT2D eigenvalue weighted by molar-refractivity contribution is 0.435. The van der Waals surface area contributed by atoms with Crippen LogP contribution < -0.4 is 5.32 Å². The minimum absolute atomic E-state index is 0.277. The summed E-state index contributed by atoms with van der Waals surface area (Å²) in [5.41, 5.74) is 1.19. The van der Waals surface area contributed by atoms with Gasteiger partial charge in [-0.1, -0.05) is 13.0 Å². The summed E-state index contributed by atoms with van der Waals surface area (Å²) in [6, 6.07) is 8.37. The lowest BCUT2D eigenvalue weighted by Crippen LogP contribution is -2.17. The molecule has 0 aromatic carbocycles. The summed E-state index contributed by atoms with van der Waals surface area (Å²) < 4.78 is 5.64. The van der Waals surface area contributed by atoms with Gasteiger partial charge in [0.05, 0.1) is 6.54 Å². The third-order valence-corrected chi connectivity index (χ3v) is 2.83. The van der Waals surface area contributed by atoms with E-state index >= 15 is 0 Å². The van der Waals surface area contributed by atoms with Gasteiger partial charge in [-0.3, -0.25) is 4.98 Å². The molecule has 0 spiro atoms. The molecule has 0 amide bonds. The normalized spacial score (nSPS) is 12.6. The topological polar surface area (TPSA) is 38.1 Å². The molecule has 2 aromatic heterocycles. The number of pyridine rings is 1. The van der Waals surface area contributed by atoms with E-state index in [-0.39, 0.29) is 6.04 Å². The van der Waals surface area contributed by atoms with Crippen molar-refractivity contribution >= 4 is 0 Å². The Hall–Kier alpha value is -1.61. The van der Waals surface area contributed by atoms with Crippen LogP contribution in [-0.4, -0.2) is 4.98 Å². The number of nitrogens with zero attached hydrogens (tertiary/aromatic N) is 1. The predicted octanol–water partition coefficient (Wildman–Crippen LogP) is 3.09. The average molecular weight is 230 g/mol. The Morgan fingerprint density at radius 1 is 1.29 bits per heavy atom. The molecule has 0 aliphatic rings. The van der Waals surface area contributed by atoms with Crippen LogP contribution in [0.25, 0.3) is 0 Å². The first kappa shape index (κ1) is 11.9. The van der Waals surface area contributed by atoms with E-state index in [1.807, 2.05) is 24.4 Å². The highest BCUT2D eigenvalue weighted by Crippen LogP contribution is 2.13. The van der Waals surface area contributed by atoms with Crippen molar-refractivity contribution < 1.29 is 4.42 Å². The highest BCUT2D eigenvalue weighted by atomic mass is 16.3. The molecule has 0 unspecified atom stereocenters. The molecular weight excluding hydrogens is 212 g/mol. The highest BCUT2D eigenvalue weighted by Gasteiger charge is 2.06. The van der Waals surface area contributed by atoms with Crippen LogP contribution in [-0.2, 0) is 13.0 Å². The third-order valence-electron chi connectivity index (χ3n) is 2.83. The standard InChI is InChI=1S/C14H18N2O/c1-3-13-6-7-14(17-13)10-16-11(2)12-5-4-8-15-9-12/h4-9,11,16H,3,10H2,1-2H3/t11-/m1/s1. The molecule has 90 valence electrons. The van der Waals surface area contributed by atoms with Crippen molar-refractivity contribution in [2.24, 2.45) is 0 Å². The van der Waals surface area contributed by atoms with Crippen molar-refractivity contribution in [1.29, 1.82) is 0 Å². The summed E-state index contributed by atoms with van der Waals surface area (Å²) in [6.07, 6.45) is 4.62. The smallest absolute Gasteiger partial charge is 0.117 e. The number of hydrogen-bond donors (Lipinski definition) is 1. The molecule has 0 bridgehead atoms. The van der Waals surface area contributed by atoms with Crippen LogP contribution in [0, 0.1) is 0 Å². The van der Waals surface area contributed by atoms with Crippen molar-refractivity contribution in [2.45, 2.75) is 32.9 Å². The maximum absolute atomic E-state index is 5.64. The Kier molecular flexibility index (Phi) is 3.94. The monoisotopic (exact) mass is 230 g/mol. The van der Waals surface area contributed by atoms with Crippen LogP contribution in [0.4, 0.5) is 0 Å². The summed E-state index contributed by atoms with van der Waals surface area (Å²) >= 11 is 0. The first-order chi connectivity index (χ1) is 8.29. The molecule has 3 nitrogen and oxygen atoms in total. The van der Waals surface area contributed by atoms with Gasteiger partial charge in [0.2, 0.25) is 0 Å². The molecule has 0 aliphatic carbocycles. The lowest BCUT2D eigenvalue weighted by Gasteiger charge is -2.12. The molecule has 0 saturated carbocycles. The molecule has 2 rings (SSSR count). The number of aromatic nitrogens is 1. The molecular formula is C14H18N2O. The van der Waals surface area contributed by atoms with Gasteiger partial charge in [0.15, 0.2) is 0 Å². The fourth-order valence-corrected chi connectivity index (χ4v) is 1.71. The van der Waals surface area contributed by atoms with Crippen molar-refractivity contribution in [3.63, 3.8) is 0 Å². The summed E-state index contributed by atoms with van der Waals surface area (Å²) in [4.78, 5) is 4.11. The summed E-state index contributed by atoms with van der Waals surface area (Å²) in [5, 5.41) is 3.42. The van der Waals surface area contributed by atoms with Crippen molar-refractivity contribution in [3.8, 4) is 0 Å². The molecule has 2 aromatic rings. The Morgan fingerprint density at radius 2 is 2.12 bits per heavy atom. The van der Waals surface area contributed by atoms with Gasteiger partial charge in [0, 0.05) is 24.9 Å². The zero-order chi connectivity index (χ0) is 12.1. The number of furan rings is 1. The van der Waals surface area contributed by atoms with Crippen molar-refractivity contribution in [2.75, 3.05) is 0 Å². The quantitative estimate of drug-likeness (QED) is 0.857. The van der Waals surface area contributed by atoms with Gasteiger partial charge < -0.3 is 9.73 Å². The van der Waals surface area contributed by atoms with Gasteiger partial charge in [0.25, 0.3) is 0 Å². The second kappa shape index (κ2) is 5.64. The molecule has 3 heteroatoms. The second-order valence-corrected chi connectivity index (χ2v) is 4.11. The van der Waals surface area contributed by atoms with Gasteiger partial charge in [0.1, 0.15) is 11.5 Å². The lowest BCUT2D eigenvalue weighted by atomic mass is 10.1. The maximum atomic E-state index is 5.64. The zero-order valence-corrected chi connectivity index (χ0v) is 10.3. The van der Waals surface area contributed by atoms with E-state index < -0.39 is 0 Å². The zero-order valence-electron chi connectivity index (χ0n) is 10.3. The number of rotatable bonds is 5. The van der Waals surface area contributed by atoms with Gasteiger partial charge in [-0.05, 0) is 30.7 Å². The molecule has 17 heavy (non-hydrogen) atoms. The molecule has 0 radical (unpaired) electrons. The largest absolute Gasteiger partial charge is 0.465 e. The maximum Gasteiger partial charge on any atom is 0.117 e. The van der Waals surface area contributed by atoms with Gasteiger partial charge in [-0.15, -0.1) is 0 Å². The fraction of sp³-hybridized carbons (Fsp3) is 0.357. The highest BCUT2D eigenvalue weighted by molar-refractivity contribution is 5.13. The minimum atomic E-state index is 0.277. The minimum Gasteiger partial charge on any atom is -0.465 e. The van der Waals surface area contributed by atoms with E-state index in [0.717, 1.165) is 24.5 Å². The number of nitrogens with one attached hydrogen (secondary N) is 1. The Bertz CT molecular complexity index is 450. The van der Waals surface area contributed by atoms with Crippen molar-refractivity contribution in [1.82, 2.24) is 10.3 Å². The predicted molar refractivity (Wildman–Crippen MR) is 67.6 cm³/mol. The number of aryl methyl sites for hydroxylation is 1. The second-order valence-electron chi connectivity index (χ2n) is 4.11. The first-order valence-electron chi connectivity index (χ1n) is 6.00. The third kappa shape index (κ3) is 3.17. The van der Waals surface area contributed by atoms with Crippen LogP contribution in [0.15, 0.2) is 41.1 Å². The SMILES string of the molecule is CCc1ccc(CN[C@H](C)c2cccnc2)o1. The molecule has 1 atom stereocenters. The van der Waals surface area contributed by atoms with Crippen LogP contribution in [0.3, 0.4) is 0 Å². The van der Waals surface area contributed by atoms with Crippen LogP contribution in [0.2, 0.25) is 0 Å². The van der Waals surface area contributed by atoms with Gasteiger partial charge in [-0.25, -0.2) is 0 Å². The Morgan fingerprint density at radius 3 is 2.76 bits per heavy atom. The summed E-state index contributed by atoms with van der Waals surface area (Å²) in [5.74, 6) is 2.02. The summed E-state index contributed by atoms with van der Waals surface area (Å²) in [7, 11) is 0. The molecule has 1 N–H and O–H groups in total. The Labute approximate surface area is 102 Å². The van der Waals surface area contributed by atoms with Crippen LogP contribution in [0.1, 0.15) is 37.0 Å². The van der Waals surface area contributed by atoms with Gasteiger partial charge in [-0.2, -0.15) is 0 Å². The molecule has 0 fully saturated rings. The fourth-order valence-electron chi connectivity index (χ4n) is 1.71. The number of hydrogen-bond acceptors (Lipinski definition) is 3. The van der Waals surface area contributed by atoms with Crippen LogP contribution in [0.5, 0.6) is 0 Å². The van der Waals surface area contributed by atoms with E-state index in [0.29, 0.717) is 0 Å². The van der Waals surface area contributed by atoms with Crippen molar-refractivity contribution in [3.05, 3.63) is 53.7 Å². The van der Waals surface area contributed by atoms with E-state index in [1.165, 1.54) is 5.56 Å². The van der Waals surface area contributed by atoms with E-state index in [1.54, 1.807) is 6.20 Å². The molecule has 2 heterocycles. The van der Waals surface area contributed by atoms with E-state index in [9.17, 15) is 0 Å². The summed E-state index contributed by atoms with van der Waals surface area (Å²) in [6.45, 7) is 4.96. The average Bonchev–Trinajstić information content (AvgIpc) is 2.85. The first-order valence-corrected chi connectivity index (χ1v) is 6.00. The van der Waals surface area contributed by atoms with Crippen LogP contribution >= 0.6 is 0 Å². The van der Waals surface area contributed by atoms with E-state index in [4.69, 9.17) is 4.42 Å². The molecule has 0 aliphatic heterocycles.